The van der Waals surface area contributed by atoms with Gasteiger partial charge in [0.05, 0.1) is 30.2 Å². The Hall–Kier alpha value is -2.46. The summed E-state index contributed by atoms with van der Waals surface area (Å²) < 4.78 is 36.5. The zero-order chi connectivity index (χ0) is 19.9. The van der Waals surface area contributed by atoms with E-state index in [1.807, 2.05) is 6.92 Å². The summed E-state index contributed by atoms with van der Waals surface area (Å²) in [6, 6.07) is 1.89. The molecule has 1 aromatic rings. The molecule has 0 radical (unpaired) electrons. The van der Waals surface area contributed by atoms with E-state index in [1.54, 1.807) is 0 Å². The summed E-state index contributed by atoms with van der Waals surface area (Å²) in [6.07, 6.45) is 1.25. The summed E-state index contributed by atoms with van der Waals surface area (Å²) >= 11 is 0. The number of benzene rings is 1. The van der Waals surface area contributed by atoms with Crippen molar-refractivity contribution in [1.82, 2.24) is 4.72 Å². The minimum absolute atomic E-state index is 0.0787. The van der Waals surface area contributed by atoms with Gasteiger partial charge in [-0.15, -0.1) is 0 Å². The van der Waals surface area contributed by atoms with E-state index < -0.39 is 38.9 Å². The average molecular weight is 387 g/mol. The molecule has 0 saturated carbocycles. The van der Waals surface area contributed by atoms with Crippen LogP contribution in [0.15, 0.2) is 23.1 Å². The first kappa shape index (κ1) is 21.6. The number of rotatable bonds is 9. The number of methoxy groups -OCH3 is 2. The molecule has 0 aliphatic rings. The first-order valence-electron chi connectivity index (χ1n) is 7.73. The van der Waals surface area contributed by atoms with E-state index >= 15 is 0 Å². The van der Waals surface area contributed by atoms with Crippen LogP contribution in [0.2, 0.25) is 0 Å². The highest BCUT2D eigenvalue weighted by Gasteiger charge is 2.29. The number of sulfonamides is 1. The Balaban J connectivity index is 3.40. The Morgan fingerprint density at radius 1 is 1.15 bits per heavy atom. The van der Waals surface area contributed by atoms with Crippen LogP contribution >= 0.6 is 0 Å². The van der Waals surface area contributed by atoms with E-state index in [0.717, 1.165) is 26.4 Å². The Bertz CT molecular complexity index is 787. The number of carboxylic acid groups (broad SMARTS) is 1. The van der Waals surface area contributed by atoms with E-state index in [-0.39, 0.29) is 17.5 Å². The van der Waals surface area contributed by atoms with Gasteiger partial charge in [0.2, 0.25) is 10.0 Å². The van der Waals surface area contributed by atoms with Crippen molar-refractivity contribution in [3.8, 4) is 0 Å². The Kier molecular flexibility index (Phi) is 7.72. The minimum atomic E-state index is -4.42. The van der Waals surface area contributed by atoms with E-state index in [0.29, 0.717) is 12.8 Å². The minimum Gasteiger partial charge on any atom is -0.480 e. The van der Waals surface area contributed by atoms with Gasteiger partial charge in [0, 0.05) is 0 Å². The van der Waals surface area contributed by atoms with E-state index in [1.165, 1.54) is 6.07 Å². The fourth-order valence-corrected chi connectivity index (χ4v) is 3.60. The Morgan fingerprint density at radius 3 is 2.27 bits per heavy atom. The molecule has 0 aliphatic heterocycles. The summed E-state index contributed by atoms with van der Waals surface area (Å²) in [5.74, 6) is -3.09. The molecule has 0 spiro atoms. The second-order valence-electron chi connectivity index (χ2n) is 5.35. The fourth-order valence-electron chi connectivity index (χ4n) is 2.16. The molecule has 0 aromatic heterocycles. The van der Waals surface area contributed by atoms with Gasteiger partial charge in [-0.1, -0.05) is 19.8 Å². The van der Waals surface area contributed by atoms with Crippen molar-refractivity contribution in [2.24, 2.45) is 0 Å². The molecule has 0 aliphatic carbocycles. The Morgan fingerprint density at radius 2 is 1.77 bits per heavy atom. The van der Waals surface area contributed by atoms with Crippen molar-refractivity contribution in [3.63, 3.8) is 0 Å². The molecule has 26 heavy (non-hydrogen) atoms. The number of carbonyl (C=O) groups is 3. The number of esters is 2. The molecule has 0 saturated heterocycles. The zero-order valence-corrected chi connectivity index (χ0v) is 15.5. The van der Waals surface area contributed by atoms with Crippen LogP contribution in [0.3, 0.4) is 0 Å². The smallest absolute Gasteiger partial charge is 0.339 e. The maximum absolute atomic E-state index is 12.7. The summed E-state index contributed by atoms with van der Waals surface area (Å²) in [6.45, 7) is 1.84. The van der Waals surface area contributed by atoms with Crippen molar-refractivity contribution >= 4 is 27.9 Å². The van der Waals surface area contributed by atoms with Crippen molar-refractivity contribution in [2.45, 2.75) is 37.1 Å². The average Bonchev–Trinajstić information content (AvgIpc) is 2.62. The van der Waals surface area contributed by atoms with E-state index in [9.17, 15) is 27.9 Å². The molecule has 0 fully saturated rings. The molecule has 9 nitrogen and oxygen atoms in total. The lowest BCUT2D eigenvalue weighted by molar-refractivity contribution is -0.139. The molecule has 0 heterocycles. The van der Waals surface area contributed by atoms with Crippen LogP contribution in [-0.4, -0.2) is 51.7 Å². The lowest BCUT2D eigenvalue weighted by Gasteiger charge is -2.16. The van der Waals surface area contributed by atoms with Crippen molar-refractivity contribution in [3.05, 3.63) is 29.3 Å². The van der Waals surface area contributed by atoms with E-state index in [4.69, 9.17) is 0 Å². The quantitative estimate of drug-likeness (QED) is 0.603. The summed E-state index contributed by atoms with van der Waals surface area (Å²) in [5.41, 5.74) is -0.437. The van der Waals surface area contributed by atoms with Crippen molar-refractivity contribution < 1.29 is 37.4 Å². The number of hydrogen-bond donors (Lipinski definition) is 2. The molecule has 1 rings (SSSR count). The standard InChI is InChI=1S/C16H21NO8S/c1-4-5-6-12(14(18)19)17-26(22,23)13-9-10(15(20)24-2)7-8-11(13)16(21)25-3/h7-9,12,17H,4-6H2,1-3H3,(H,18,19)/t12-/m0/s1. The van der Waals surface area contributed by atoms with Gasteiger partial charge in [-0.05, 0) is 24.6 Å². The van der Waals surface area contributed by atoms with Crippen LogP contribution in [-0.2, 0) is 24.3 Å². The molecule has 0 bridgehead atoms. The number of nitrogens with one attached hydrogen (secondary N) is 1. The van der Waals surface area contributed by atoms with Gasteiger partial charge < -0.3 is 14.6 Å². The zero-order valence-electron chi connectivity index (χ0n) is 14.6. The third-order valence-corrected chi connectivity index (χ3v) is 5.05. The lowest BCUT2D eigenvalue weighted by atomic mass is 10.1. The highest BCUT2D eigenvalue weighted by molar-refractivity contribution is 7.89. The summed E-state index contributed by atoms with van der Waals surface area (Å²) in [4.78, 5) is 34.3. The molecule has 144 valence electrons. The molecule has 10 heteroatoms. The molecule has 1 atom stereocenters. The third-order valence-electron chi connectivity index (χ3n) is 3.54. The van der Waals surface area contributed by atoms with Gasteiger partial charge in [0.15, 0.2) is 0 Å². The number of ether oxygens (including phenoxy) is 2. The summed E-state index contributed by atoms with van der Waals surface area (Å²) in [5, 5.41) is 9.22. The van der Waals surface area contributed by atoms with E-state index in [2.05, 4.69) is 14.2 Å². The SMILES string of the molecule is CCCC[C@H](NS(=O)(=O)c1cc(C(=O)OC)ccc1C(=O)OC)C(=O)O. The van der Waals surface area contributed by atoms with Gasteiger partial charge in [-0.2, -0.15) is 4.72 Å². The monoisotopic (exact) mass is 387 g/mol. The molecular weight excluding hydrogens is 366 g/mol. The number of unbranched alkanes of at least 4 members (excludes halogenated alkanes) is 1. The first-order valence-corrected chi connectivity index (χ1v) is 9.22. The van der Waals surface area contributed by atoms with Crippen LogP contribution in [0.25, 0.3) is 0 Å². The maximum Gasteiger partial charge on any atom is 0.339 e. The second-order valence-corrected chi connectivity index (χ2v) is 7.03. The fraction of sp³-hybridized carbons (Fsp3) is 0.438. The molecule has 2 N–H and O–H groups in total. The topological polar surface area (TPSA) is 136 Å². The third kappa shape index (κ3) is 5.27. The van der Waals surface area contributed by atoms with Crippen LogP contribution in [0.5, 0.6) is 0 Å². The molecular formula is C16H21NO8S. The van der Waals surface area contributed by atoms with Gasteiger partial charge >= 0.3 is 17.9 Å². The second kappa shape index (κ2) is 9.30. The number of carbonyl (C=O) groups excluding carboxylic acids is 2. The van der Waals surface area contributed by atoms with Gasteiger partial charge in [0.25, 0.3) is 0 Å². The predicted molar refractivity (Wildman–Crippen MR) is 90.4 cm³/mol. The van der Waals surface area contributed by atoms with Gasteiger partial charge in [0.1, 0.15) is 6.04 Å². The number of aliphatic carboxylic acids is 1. The molecule has 0 unspecified atom stereocenters. The highest BCUT2D eigenvalue weighted by atomic mass is 32.2. The molecule has 1 aromatic carbocycles. The number of hydrogen-bond acceptors (Lipinski definition) is 7. The summed E-state index contributed by atoms with van der Waals surface area (Å²) in [7, 11) is -2.23. The molecule has 0 amide bonds. The van der Waals surface area contributed by atoms with Gasteiger partial charge in [-0.3, -0.25) is 4.79 Å². The predicted octanol–water partition coefficient (Wildman–Crippen LogP) is 1.18. The Labute approximate surface area is 151 Å². The van der Waals surface area contributed by atoms with Crippen LogP contribution in [0.4, 0.5) is 0 Å². The normalized spacial score (nSPS) is 12.3. The maximum atomic E-state index is 12.7. The van der Waals surface area contributed by atoms with Gasteiger partial charge in [-0.25, -0.2) is 18.0 Å². The van der Waals surface area contributed by atoms with Crippen LogP contribution < -0.4 is 4.72 Å². The number of carboxylic acids is 1. The van der Waals surface area contributed by atoms with Crippen LogP contribution in [0, 0.1) is 0 Å². The van der Waals surface area contributed by atoms with Crippen LogP contribution in [0.1, 0.15) is 46.9 Å². The lowest BCUT2D eigenvalue weighted by Crippen LogP contribution is -2.41. The largest absolute Gasteiger partial charge is 0.480 e. The van der Waals surface area contributed by atoms with Crippen molar-refractivity contribution in [1.29, 1.82) is 0 Å². The first-order chi connectivity index (χ1) is 12.2. The highest BCUT2D eigenvalue weighted by Crippen LogP contribution is 2.20. The van der Waals surface area contributed by atoms with Crippen molar-refractivity contribution in [2.75, 3.05) is 14.2 Å².